The molecular formula is C50H33NO. The molecule has 0 aliphatic carbocycles. The Kier molecular flexibility index (Phi) is 4.40. The van der Waals surface area contributed by atoms with Crippen LogP contribution < -0.4 is 4.90 Å². The highest BCUT2D eigenvalue weighted by molar-refractivity contribution is 6.15. The predicted octanol–water partition coefficient (Wildman–Crippen LogP) is 14.4. The zero-order valence-corrected chi connectivity index (χ0v) is 27.2. The molecule has 0 fully saturated rings. The van der Waals surface area contributed by atoms with Crippen LogP contribution in [0, 0.1) is 0 Å². The second kappa shape index (κ2) is 12.5. The molecule has 9 aromatic carbocycles. The molecule has 2 heteroatoms. The Morgan fingerprint density at radius 3 is 1.96 bits per heavy atom. The van der Waals surface area contributed by atoms with Crippen LogP contribution in [0.1, 0.15) is 20.6 Å². The Labute approximate surface area is 323 Å². The molecule has 0 atom stereocenters. The molecule has 0 unspecified atom stereocenters. The zero-order valence-electron chi connectivity index (χ0n) is 42.2. The third kappa shape index (κ3) is 5.12. The second-order valence-electron chi connectivity index (χ2n) is 12.1. The topological polar surface area (TPSA) is 16.4 Å². The van der Waals surface area contributed by atoms with Crippen molar-refractivity contribution in [2.45, 2.75) is 0 Å². The van der Waals surface area contributed by atoms with Crippen molar-refractivity contribution < 1.29 is 25.0 Å². The Balaban J connectivity index is 1.29. The van der Waals surface area contributed by atoms with Crippen molar-refractivity contribution in [3.8, 4) is 33.4 Å². The van der Waals surface area contributed by atoms with Crippen molar-refractivity contribution in [3.63, 3.8) is 0 Å². The number of rotatable bonds is 6. The lowest BCUT2D eigenvalue weighted by molar-refractivity contribution is 0.672. The van der Waals surface area contributed by atoms with Gasteiger partial charge in [-0.3, -0.25) is 0 Å². The summed E-state index contributed by atoms with van der Waals surface area (Å²) in [6.07, 6.45) is 0. The molecule has 0 bridgehead atoms. The van der Waals surface area contributed by atoms with E-state index in [1.54, 1.807) is 66.7 Å². The first-order chi connectivity index (χ1) is 32.0. The van der Waals surface area contributed by atoms with Crippen molar-refractivity contribution >= 4 is 60.5 Å². The van der Waals surface area contributed by atoms with E-state index in [9.17, 15) is 11.0 Å². The number of furan rings is 1. The summed E-state index contributed by atoms with van der Waals surface area (Å²) in [5.41, 5.74) is 0.861. The molecule has 0 N–H and O–H groups in total. The van der Waals surface area contributed by atoms with Gasteiger partial charge < -0.3 is 9.32 Å². The minimum atomic E-state index is -0.799. The summed E-state index contributed by atoms with van der Waals surface area (Å²) in [5.74, 6) is 0. The minimum Gasteiger partial charge on any atom is -0.455 e. The van der Waals surface area contributed by atoms with Gasteiger partial charge in [0.1, 0.15) is 11.2 Å². The van der Waals surface area contributed by atoms with Gasteiger partial charge in [-0.2, -0.15) is 0 Å². The average molecular weight is 679 g/mol. The fourth-order valence-electron chi connectivity index (χ4n) is 6.65. The van der Waals surface area contributed by atoms with Crippen LogP contribution >= 0.6 is 0 Å². The highest BCUT2D eigenvalue weighted by atomic mass is 16.3. The molecule has 0 radical (unpaired) electrons. The van der Waals surface area contributed by atoms with Gasteiger partial charge in [-0.15, -0.1) is 0 Å². The maximum absolute atomic E-state index is 9.69. The van der Waals surface area contributed by atoms with Crippen LogP contribution in [-0.4, -0.2) is 0 Å². The molecule has 52 heavy (non-hydrogen) atoms. The summed E-state index contributed by atoms with van der Waals surface area (Å²) in [6, 6.07) is 22.3. The van der Waals surface area contributed by atoms with Gasteiger partial charge in [-0.1, -0.05) is 151 Å². The Hall–Kier alpha value is -6.90. The summed E-state index contributed by atoms with van der Waals surface area (Å²) in [7, 11) is 0. The lowest BCUT2D eigenvalue weighted by atomic mass is 9.97. The molecule has 0 spiro atoms. The van der Waals surface area contributed by atoms with Crippen LogP contribution in [0.2, 0.25) is 0 Å². The van der Waals surface area contributed by atoms with Crippen LogP contribution in [0.5, 0.6) is 0 Å². The van der Waals surface area contributed by atoms with Crippen molar-refractivity contribution in [1.29, 1.82) is 0 Å². The first-order valence-corrected chi connectivity index (χ1v) is 16.5. The van der Waals surface area contributed by atoms with Crippen LogP contribution in [0.3, 0.4) is 0 Å². The maximum atomic E-state index is 9.69. The number of nitrogens with zero attached hydrogens (tertiary/aromatic N) is 1. The summed E-state index contributed by atoms with van der Waals surface area (Å²) in [5, 5.41) is 2.63. The van der Waals surface area contributed by atoms with E-state index >= 15 is 0 Å². The number of hydrogen-bond acceptors (Lipinski definition) is 2. The van der Waals surface area contributed by atoms with Crippen molar-refractivity contribution in [1.82, 2.24) is 0 Å². The number of hydrogen-bond donors (Lipinski definition) is 0. The van der Waals surface area contributed by atoms with E-state index in [4.69, 9.17) is 14.0 Å². The van der Waals surface area contributed by atoms with E-state index in [2.05, 4.69) is 0 Å². The van der Waals surface area contributed by atoms with Gasteiger partial charge >= 0.3 is 0 Å². The molecule has 0 aliphatic rings. The van der Waals surface area contributed by atoms with Gasteiger partial charge in [0, 0.05) is 33.1 Å². The number of anilines is 3. The normalized spacial score (nSPS) is 15.5. The number of fused-ring (bicyclic) bond motifs is 6. The highest BCUT2D eigenvalue weighted by Crippen LogP contribution is 2.44. The van der Waals surface area contributed by atoms with E-state index in [-0.39, 0.29) is 11.3 Å². The third-order valence-corrected chi connectivity index (χ3v) is 9.11. The molecule has 0 saturated carbocycles. The summed E-state index contributed by atoms with van der Waals surface area (Å²) >= 11 is 0. The van der Waals surface area contributed by atoms with E-state index in [0.29, 0.717) is 27.9 Å². The van der Waals surface area contributed by atoms with Crippen LogP contribution in [0.25, 0.3) is 76.9 Å². The number of benzene rings is 9. The molecule has 10 rings (SSSR count). The molecular weight excluding hydrogens is 631 g/mol. The van der Waals surface area contributed by atoms with Gasteiger partial charge in [-0.25, -0.2) is 0 Å². The quantitative estimate of drug-likeness (QED) is 0.174. The van der Waals surface area contributed by atoms with E-state index in [1.165, 1.54) is 4.90 Å². The fraction of sp³-hybridized carbons (Fsp3) is 0. The lowest BCUT2D eigenvalue weighted by Crippen LogP contribution is -2.11. The van der Waals surface area contributed by atoms with Gasteiger partial charge in [0.2, 0.25) is 0 Å². The summed E-state index contributed by atoms with van der Waals surface area (Å²) < 4.78 is 143. The van der Waals surface area contributed by atoms with Crippen molar-refractivity contribution in [3.05, 3.63) is 200 Å². The SMILES string of the molecule is [2H]c1c([2H])c(N(c2ccccc2-c2ccc3oc4c5ccccc5ccc4c3c2)c2c([2H])c([2H])c(-c3c([2H])c([2H])c([2H])c4c([2H])c([2H])c([2H])c([2H])c34)c([2H])c2[2H])c([2H])c([2H])c1-c1ccccc1. The zero-order chi connectivity index (χ0) is 47.5. The van der Waals surface area contributed by atoms with Crippen LogP contribution in [0.15, 0.2) is 204 Å². The van der Waals surface area contributed by atoms with Gasteiger partial charge in [0.25, 0.3) is 0 Å². The standard InChI is InChI=1S/C50H33NO/c1-2-11-34(12-3-1)35-21-27-40(28-22-35)51(41-29-23-38(24-30-41)43-19-10-15-36-13-4-6-16-42(36)43)48-20-9-8-17-44(48)39-26-32-49-47(33-39)46-31-25-37-14-5-7-18-45(37)50(46)52-49/h1-33H/i4D,6D,10D,13D,15D,16D,19D,21D,22D,23D,24D,27D,28D,29D,30D. The summed E-state index contributed by atoms with van der Waals surface area (Å²) in [6.45, 7) is 0. The molecule has 2 nitrogen and oxygen atoms in total. The molecule has 1 heterocycles. The maximum Gasteiger partial charge on any atom is 0.143 e. The van der Waals surface area contributed by atoms with Gasteiger partial charge in [0.15, 0.2) is 0 Å². The second-order valence-corrected chi connectivity index (χ2v) is 12.1. The Bertz CT molecular complexity index is 3710. The molecule has 0 saturated heterocycles. The van der Waals surface area contributed by atoms with E-state index in [1.807, 2.05) is 42.5 Å². The molecule has 10 aromatic rings. The van der Waals surface area contributed by atoms with Crippen molar-refractivity contribution in [2.24, 2.45) is 0 Å². The Morgan fingerprint density at radius 1 is 0.404 bits per heavy atom. The molecule has 0 aliphatic heterocycles. The summed E-state index contributed by atoms with van der Waals surface area (Å²) in [4.78, 5) is 1.18. The monoisotopic (exact) mass is 678 g/mol. The highest BCUT2D eigenvalue weighted by Gasteiger charge is 2.19. The minimum absolute atomic E-state index is 0.00393. The van der Waals surface area contributed by atoms with Gasteiger partial charge in [-0.05, 0) is 92.4 Å². The van der Waals surface area contributed by atoms with Crippen molar-refractivity contribution in [2.75, 3.05) is 4.90 Å². The number of para-hydroxylation sites is 1. The lowest BCUT2D eigenvalue weighted by Gasteiger charge is -2.28. The molecule has 1 aromatic heterocycles. The Morgan fingerprint density at radius 2 is 1.12 bits per heavy atom. The van der Waals surface area contributed by atoms with E-state index < -0.39 is 124 Å². The van der Waals surface area contributed by atoms with Crippen LogP contribution in [0.4, 0.5) is 17.1 Å². The van der Waals surface area contributed by atoms with Crippen LogP contribution in [-0.2, 0) is 0 Å². The molecule has 244 valence electrons. The van der Waals surface area contributed by atoms with Gasteiger partial charge in [0.05, 0.1) is 26.2 Å². The predicted molar refractivity (Wildman–Crippen MR) is 220 cm³/mol. The first-order valence-electron chi connectivity index (χ1n) is 24.0. The first kappa shape index (κ1) is 18.4. The largest absolute Gasteiger partial charge is 0.455 e. The van der Waals surface area contributed by atoms with E-state index in [0.717, 1.165) is 21.5 Å². The average Bonchev–Trinajstić information content (AvgIpc) is 3.72. The smallest absolute Gasteiger partial charge is 0.143 e. The fourth-order valence-corrected chi connectivity index (χ4v) is 6.65. The molecule has 0 amide bonds. The third-order valence-electron chi connectivity index (χ3n) is 9.11.